The second-order valence-electron chi connectivity index (χ2n) is 4.01. The van der Waals surface area contributed by atoms with Crippen molar-refractivity contribution in [2.45, 2.75) is 0 Å². The standard InChI is InChI=1S/C13H7Cl2N5O/c14-9-3-1-2-6(11(9)15)10-7(4-16)12(18)20(19)13(21)8(10)5-17/h1-3H,18-19H2. The van der Waals surface area contributed by atoms with Gasteiger partial charge < -0.3 is 11.6 Å². The Hall–Kier alpha value is -2.67. The number of nitriles is 2. The molecule has 0 atom stereocenters. The molecule has 0 aliphatic carbocycles. The normalized spacial score (nSPS) is 9.90. The number of hydrogen-bond donors (Lipinski definition) is 2. The molecule has 0 saturated carbocycles. The molecule has 104 valence electrons. The van der Waals surface area contributed by atoms with Gasteiger partial charge in [-0.2, -0.15) is 10.5 Å². The predicted octanol–water partition coefficient (Wildman–Crippen LogP) is 1.86. The Kier molecular flexibility index (Phi) is 3.77. The Morgan fingerprint density at radius 2 is 1.76 bits per heavy atom. The Balaban J connectivity index is 3.07. The van der Waals surface area contributed by atoms with Gasteiger partial charge in [0.25, 0.3) is 5.56 Å². The molecule has 2 aromatic rings. The summed E-state index contributed by atoms with van der Waals surface area (Å²) in [7, 11) is 0. The smallest absolute Gasteiger partial charge is 0.289 e. The predicted molar refractivity (Wildman–Crippen MR) is 80.2 cm³/mol. The van der Waals surface area contributed by atoms with Crippen LogP contribution in [0.3, 0.4) is 0 Å². The highest BCUT2D eigenvalue weighted by molar-refractivity contribution is 6.43. The first kappa shape index (κ1) is 14.7. The largest absolute Gasteiger partial charge is 0.382 e. The fraction of sp³-hybridized carbons (Fsp3) is 0. The number of pyridine rings is 1. The van der Waals surface area contributed by atoms with Crippen molar-refractivity contribution in [1.82, 2.24) is 4.68 Å². The topological polar surface area (TPSA) is 122 Å². The highest BCUT2D eigenvalue weighted by Crippen LogP contribution is 2.37. The quantitative estimate of drug-likeness (QED) is 0.777. The fourth-order valence-electron chi connectivity index (χ4n) is 1.89. The maximum absolute atomic E-state index is 12.0. The number of hydrogen-bond acceptors (Lipinski definition) is 5. The molecule has 0 fully saturated rings. The highest BCUT2D eigenvalue weighted by atomic mass is 35.5. The minimum absolute atomic E-state index is 0.0247. The summed E-state index contributed by atoms with van der Waals surface area (Å²) in [6, 6.07) is 8.22. The SMILES string of the molecule is N#Cc1c(-c2cccc(Cl)c2Cl)c(C#N)c(=O)n(N)c1N. The molecule has 0 unspecified atom stereocenters. The zero-order chi connectivity index (χ0) is 15.7. The number of benzene rings is 1. The molecule has 0 aliphatic heterocycles. The monoisotopic (exact) mass is 319 g/mol. The van der Waals surface area contributed by atoms with Crippen LogP contribution in [-0.2, 0) is 0 Å². The van der Waals surface area contributed by atoms with Gasteiger partial charge in [-0.05, 0) is 6.07 Å². The minimum Gasteiger partial charge on any atom is -0.382 e. The molecule has 0 amide bonds. The van der Waals surface area contributed by atoms with E-state index in [1.807, 2.05) is 6.07 Å². The van der Waals surface area contributed by atoms with E-state index in [4.69, 9.17) is 34.8 Å². The molecule has 1 aromatic carbocycles. The average Bonchev–Trinajstić information content (AvgIpc) is 2.48. The van der Waals surface area contributed by atoms with Crippen LogP contribution < -0.4 is 17.1 Å². The molecule has 0 spiro atoms. The van der Waals surface area contributed by atoms with Crippen molar-refractivity contribution in [3.63, 3.8) is 0 Å². The van der Waals surface area contributed by atoms with Crippen LogP contribution in [0, 0.1) is 22.7 Å². The second-order valence-corrected chi connectivity index (χ2v) is 4.80. The van der Waals surface area contributed by atoms with Crippen LogP contribution >= 0.6 is 23.2 Å². The first-order chi connectivity index (χ1) is 9.93. The third-order valence-corrected chi connectivity index (χ3v) is 3.71. The molecule has 1 aromatic heterocycles. The van der Waals surface area contributed by atoms with Crippen molar-refractivity contribution in [3.8, 4) is 23.3 Å². The van der Waals surface area contributed by atoms with Crippen molar-refractivity contribution in [2.75, 3.05) is 11.6 Å². The zero-order valence-electron chi connectivity index (χ0n) is 10.4. The molecule has 0 radical (unpaired) electrons. The van der Waals surface area contributed by atoms with E-state index in [0.717, 1.165) is 0 Å². The van der Waals surface area contributed by atoms with Crippen LogP contribution in [0.15, 0.2) is 23.0 Å². The van der Waals surface area contributed by atoms with E-state index >= 15 is 0 Å². The third-order valence-electron chi connectivity index (χ3n) is 2.89. The summed E-state index contributed by atoms with van der Waals surface area (Å²) in [6.45, 7) is 0. The average molecular weight is 320 g/mol. The van der Waals surface area contributed by atoms with Gasteiger partial charge in [0.15, 0.2) is 0 Å². The van der Waals surface area contributed by atoms with Gasteiger partial charge in [0.2, 0.25) is 0 Å². The van der Waals surface area contributed by atoms with E-state index in [1.54, 1.807) is 18.2 Å². The summed E-state index contributed by atoms with van der Waals surface area (Å²) in [6.07, 6.45) is 0. The van der Waals surface area contributed by atoms with Gasteiger partial charge in [-0.3, -0.25) is 4.79 Å². The number of halogens is 2. The number of aromatic nitrogens is 1. The Morgan fingerprint density at radius 3 is 2.33 bits per heavy atom. The van der Waals surface area contributed by atoms with E-state index in [0.29, 0.717) is 4.68 Å². The molecular weight excluding hydrogens is 313 g/mol. The van der Waals surface area contributed by atoms with Crippen molar-refractivity contribution < 1.29 is 0 Å². The van der Waals surface area contributed by atoms with Gasteiger partial charge in [-0.15, -0.1) is 0 Å². The number of rotatable bonds is 1. The first-order valence-electron chi connectivity index (χ1n) is 5.52. The van der Waals surface area contributed by atoms with Crippen LogP contribution in [0.4, 0.5) is 5.82 Å². The van der Waals surface area contributed by atoms with Gasteiger partial charge in [0.05, 0.1) is 10.0 Å². The van der Waals surface area contributed by atoms with Crippen LogP contribution in [0.2, 0.25) is 10.0 Å². The lowest BCUT2D eigenvalue weighted by atomic mass is 9.96. The summed E-state index contributed by atoms with van der Waals surface area (Å²) < 4.78 is 0.555. The van der Waals surface area contributed by atoms with Crippen LogP contribution in [-0.4, -0.2) is 4.68 Å². The zero-order valence-corrected chi connectivity index (χ0v) is 11.9. The van der Waals surface area contributed by atoms with E-state index in [1.165, 1.54) is 6.07 Å². The van der Waals surface area contributed by atoms with E-state index in [9.17, 15) is 15.3 Å². The lowest BCUT2D eigenvalue weighted by molar-refractivity contribution is 0.942. The number of nitrogens with zero attached hydrogens (tertiary/aromatic N) is 3. The van der Waals surface area contributed by atoms with Crippen molar-refractivity contribution >= 4 is 29.0 Å². The van der Waals surface area contributed by atoms with Crippen LogP contribution in [0.25, 0.3) is 11.1 Å². The molecule has 8 heteroatoms. The molecule has 0 aliphatic rings. The molecular formula is C13H7Cl2N5O. The second kappa shape index (κ2) is 5.37. The molecule has 0 bridgehead atoms. The molecule has 21 heavy (non-hydrogen) atoms. The lowest BCUT2D eigenvalue weighted by Gasteiger charge is -2.13. The van der Waals surface area contributed by atoms with Gasteiger partial charge in [0.1, 0.15) is 29.1 Å². The van der Waals surface area contributed by atoms with Crippen molar-refractivity contribution in [2.24, 2.45) is 0 Å². The van der Waals surface area contributed by atoms with Crippen LogP contribution in [0.1, 0.15) is 11.1 Å². The Bertz CT molecular complexity index is 889. The number of nitrogen functional groups attached to an aromatic ring is 2. The molecule has 2 rings (SSSR count). The lowest BCUT2D eigenvalue weighted by Crippen LogP contribution is -2.33. The summed E-state index contributed by atoms with van der Waals surface area (Å²) in [4.78, 5) is 12.0. The first-order valence-corrected chi connectivity index (χ1v) is 6.27. The summed E-state index contributed by atoms with van der Waals surface area (Å²) in [5, 5.41) is 18.8. The van der Waals surface area contributed by atoms with Gasteiger partial charge in [-0.1, -0.05) is 35.3 Å². The third kappa shape index (κ3) is 2.17. The fourth-order valence-corrected chi connectivity index (χ4v) is 2.29. The van der Waals surface area contributed by atoms with Gasteiger partial charge in [-0.25, -0.2) is 4.68 Å². The van der Waals surface area contributed by atoms with E-state index in [2.05, 4.69) is 0 Å². The van der Waals surface area contributed by atoms with Crippen molar-refractivity contribution in [3.05, 3.63) is 49.7 Å². The summed E-state index contributed by atoms with van der Waals surface area (Å²) in [5.74, 6) is 5.21. The molecule has 4 N–H and O–H groups in total. The maximum atomic E-state index is 12.0. The maximum Gasteiger partial charge on any atom is 0.289 e. The Morgan fingerprint density at radius 1 is 1.14 bits per heavy atom. The summed E-state index contributed by atoms with van der Waals surface area (Å²) >= 11 is 12.0. The highest BCUT2D eigenvalue weighted by Gasteiger charge is 2.23. The number of anilines is 1. The molecule has 0 saturated heterocycles. The van der Waals surface area contributed by atoms with Gasteiger partial charge >= 0.3 is 0 Å². The van der Waals surface area contributed by atoms with Crippen molar-refractivity contribution in [1.29, 1.82) is 10.5 Å². The van der Waals surface area contributed by atoms with Gasteiger partial charge in [0, 0.05) is 11.1 Å². The van der Waals surface area contributed by atoms with Crippen LogP contribution in [0.5, 0.6) is 0 Å². The van der Waals surface area contributed by atoms with E-state index < -0.39 is 5.56 Å². The van der Waals surface area contributed by atoms with E-state index in [-0.39, 0.29) is 38.1 Å². The summed E-state index contributed by atoms with van der Waals surface area (Å²) in [5.41, 5.74) is 4.70. The minimum atomic E-state index is -0.819. The molecule has 6 nitrogen and oxygen atoms in total. The Labute approximate surface area is 129 Å². The molecule has 1 heterocycles. The number of nitrogens with two attached hydrogens (primary N) is 2.